The summed E-state index contributed by atoms with van der Waals surface area (Å²) in [5.74, 6) is -0.447. The van der Waals surface area contributed by atoms with Crippen LogP contribution in [0.15, 0.2) is 0 Å². The van der Waals surface area contributed by atoms with Crippen molar-refractivity contribution in [3.63, 3.8) is 0 Å². The zero-order valence-corrected chi connectivity index (χ0v) is 12.0. The quantitative estimate of drug-likeness (QED) is 0.859. The molecular weight excluding hydrogens is 248 g/mol. The molecule has 1 aliphatic rings. The molecule has 1 aromatic rings. The van der Waals surface area contributed by atoms with Crippen LogP contribution in [0.4, 0.5) is 5.13 Å². The van der Waals surface area contributed by atoms with Crippen LogP contribution in [0.1, 0.15) is 61.3 Å². The molecule has 0 saturated heterocycles. The van der Waals surface area contributed by atoms with Crippen LogP contribution in [0.2, 0.25) is 0 Å². The van der Waals surface area contributed by atoms with Gasteiger partial charge in [-0.05, 0) is 33.1 Å². The van der Waals surface area contributed by atoms with Crippen LogP contribution >= 0.6 is 11.3 Å². The van der Waals surface area contributed by atoms with Crippen LogP contribution < -0.4 is 4.90 Å². The third-order valence-electron chi connectivity index (χ3n) is 3.51. The van der Waals surface area contributed by atoms with Crippen molar-refractivity contribution in [2.45, 2.75) is 52.0 Å². The summed E-state index contributed by atoms with van der Waals surface area (Å²) in [6.07, 6.45) is 3.20. The summed E-state index contributed by atoms with van der Waals surface area (Å²) in [6.45, 7) is 7.25. The number of hydrogen-bond acceptors (Lipinski definition) is 4. The van der Waals surface area contributed by atoms with E-state index in [-0.39, 0.29) is 0 Å². The Balaban J connectivity index is 2.32. The van der Waals surface area contributed by atoms with Gasteiger partial charge >= 0.3 is 5.97 Å². The lowest BCUT2D eigenvalue weighted by atomic mass is 10.2. The minimum atomic E-state index is -0.833. The van der Waals surface area contributed by atoms with Gasteiger partial charge in [-0.2, -0.15) is 0 Å². The molecule has 1 unspecified atom stereocenters. The molecule has 0 aliphatic heterocycles. The molecule has 1 aromatic heterocycles. The van der Waals surface area contributed by atoms with Crippen LogP contribution in [0, 0.1) is 0 Å². The smallest absolute Gasteiger partial charge is 0.347 e. The Morgan fingerprint density at radius 1 is 1.56 bits per heavy atom. The highest BCUT2D eigenvalue weighted by atomic mass is 32.1. The van der Waals surface area contributed by atoms with Gasteiger partial charge < -0.3 is 10.0 Å². The zero-order valence-electron chi connectivity index (χ0n) is 11.1. The van der Waals surface area contributed by atoms with Crippen molar-refractivity contribution in [1.29, 1.82) is 0 Å². The van der Waals surface area contributed by atoms with Gasteiger partial charge in [0.2, 0.25) is 0 Å². The molecule has 1 fully saturated rings. The third-order valence-corrected chi connectivity index (χ3v) is 4.61. The van der Waals surface area contributed by atoms with Crippen LogP contribution in [-0.2, 0) is 0 Å². The Hall–Kier alpha value is -1.10. The molecule has 4 nitrogen and oxygen atoms in total. The van der Waals surface area contributed by atoms with Crippen LogP contribution in [-0.4, -0.2) is 28.6 Å². The van der Waals surface area contributed by atoms with Gasteiger partial charge in [0, 0.05) is 18.5 Å². The monoisotopic (exact) mass is 268 g/mol. The molecule has 1 aliphatic carbocycles. The number of anilines is 1. The molecule has 1 N–H and O–H groups in total. The number of aromatic nitrogens is 1. The summed E-state index contributed by atoms with van der Waals surface area (Å²) in [6, 6.07) is 0.398. The number of aromatic carboxylic acids is 1. The highest BCUT2D eigenvalue weighted by Crippen LogP contribution is 2.44. The predicted octanol–water partition coefficient (Wildman–Crippen LogP) is 3.34. The van der Waals surface area contributed by atoms with Gasteiger partial charge in [-0.25, -0.2) is 9.78 Å². The van der Waals surface area contributed by atoms with Crippen molar-refractivity contribution in [2.24, 2.45) is 0 Å². The highest BCUT2D eigenvalue weighted by Gasteiger charge is 2.33. The topological polar surface area (TPSA) is 53.4 Å². The first-order valence-corrected chi connectivity index (χ1v) is 7.40. The molecule has 5 heteroatoms. The summed E-state index contributed by atoms with van der Waals surface area (Å²) < 4.78 is 0. The van der Waals surface area contributed by atoms with E-state index in [2.05, 4.69) is 30.7 Å². The van der Waals surface area contributed by atoms with E-state index in [0.29, 0.717) is 16.8 Å². The molecule has 1 heterocycles. The fraction of sp³-hybridized carbons (Fsp3) is 0.692. The van der Waals surface area contributed by atoms with Crippen molar-refractivity contribution < 1.29 is 9.90 Å². The van der Waals surface area contributed by atoms with Gasteiger partial charge in [-0.15, -0.1) is 0 Å². The average Bonchev–Trinajstić information content (AvgIpc) is 3.10. The minimum absolute atomic E-state index is 0.386. The van der Waals surface area contributed by atoms with E-state index < -0.39 is 5.97 Å². The summed E-state index contributed by atoms with van der Waals surface area (Å²) in [7, 11) is 0. The molecule has 0 radical (unpaired) electrons. The molecule has 1 atom stereocenters. The molecule has 1 saturated carbocycles. The van der Waals surface area contributed by atoms with E-state index in [1.54, 1.807) is 0 Å². The molecule has 0 bridgehead atoms. The van der Waals surface area contributed by atoms with Crippen LogP contribution in [0.3, 0.4) is 0 Å². The fourth-order valence-corrected chi connectivity index (χ4v) is 3.24. The molecule has 100 valence electrons. The Kier molecular flexibility index (Phi) is 3.90. The lowest BCUT2D eigenvalue weighted by Gasteiger charge is -2.26. The molecular formula is C13H20N2O2S. The second-order valence-electron chi connectivity index (χ2n) is 4.83. The normalized spacial score (nSPS) is 16.6. The molecule has 0 amide bonds. The second-order valence-corrected chi connectivity index (χ2v) is 5.81. The van der Waals surface area contributed by atoms with Crippen LogP contribution in [0.5, 0.6) is 0 Å². The molecule has 18 heavy (non-hydrogen) atoms. The second kappa shape index (κ2) is 5.26. The Morgan fingerprint density at radius 2 is 2.22 bits per heavy atom. The largest absolute Gasteiger partial charge is 0.477 e. The van der Waals surface area contributed by atoms with Crippen molar-refractivity contribution >= 4 is 22.4 Å². The summed E-state index contributed by atoms with van der Waals surface area (Å²) in [4.78, 5) is 18.5. The number of carboxylic acid groups (broad SMARTS) is 1. The van der Waals surface area contributed by atoms with Crippen molar-refractivity contribution in [1.82, 2.24) is 4.98 Å². The van der Waals surface area contributed by atoms with E-state index in [1.165, 1.54) is 11.3 Å². The van der Waals surface area contributed by atoms with E-state index in [9.17, 15) is 9.90 Å². The minimum Gasteiger partial charge on any atom is -0.477 e. The van der Waals surface area contributed by atoms with E-state index in [4.69, 9.17) is 0 Å². The van der Waals surface area contributed by atoms with Crippen LogP contribution in [0.25, 0.3) is 0 Å². The standard InChI is InChI=1S/C13H20N2O2S/c1-4-8(3)15(5-2)13-14-10(9-6-7-9)11(18-13)12(16)17/h8-9H,4-7H2,1-3H3,(H,16,17). The van der Waals surface area contributed by atoms with Crippen molar-refractivity contribution in [2.75, 3.05) is 11.4 Å². The lowest BCUT2D eigenvalue weighted by Crippen LogP contribution is -2.32. The number of rotatable bonds is 6. The lowest BCUT2D eigenvalue weighted by molar-refractivity contribution is 0.0700. The van der Waals surface area contributed by atoms with E-state index in [1.807, 2.05) is 0 Å². The molecule has 0 spiro atoms. The van der Waals surface area contributed by atoms with Crippen molar-refractivity contribution in [3.05, 3.63) is 10.6 Å². The number of carbonyl (C=O) groups is 1. The Bertz CT molecular complexity index is 440. The fourth-order valence-electron chi connectivity index (χ4n) is 2.09. The SMILES string of the molecule is CCC(C)N(CC)c1nc(C2CC2)c(C(=O)O)s1. The Labute approximate surface area is 112 Å². The maximum Gasteiger partial charge on any atom is 0.347 e. The van der Waals surface area contributed by atoms with Gasteiger partial charge in [0.25, 0.3) is 0 Å². The van der Waals surface area contributed by atoms with Gasteiger partial charge in [0.1, 0.15) is 4.88 Å². The number of nitrogens with zero attached hydrogens (tertiary/aromatic N) is 2. The molecule has 0 aromatic carbocycles. The van der Waals surface area contributed by atoms with E-state index >= 15 is 0 Å². The molecule has 2 rings (SSSR count). The first-order valence-electron chi connectivity index (χ1n) is 6.59. The first-order chi connectivity index (χ1) is 8.58. The van der Waals surface area contributed by atoms with Gasteiger partial charge in [0.05, 0.1) is 5.69 Å². The van der Waals surface area contributed by atoms with Crippen molar-refractivity contribution in [3.8, 4) is 0 Å². The first kappa shape index (κ1) is 13.3. The van der Waals surface area contributed by atoms with Gasteiger partial charge in [-0.3, -0.25) is 0 Å². The van der Waals surface area contributed by atoms with Gasteiger partial charge in [0.15, 0.2) is 5.13 Å². The maximum absolute atomic E-state index is 11.3. The summed E-state index contributed by atoms with van der Waals surface area (Å²) in [5, 5.41) is 10.1. The number of carboxylic acids is 1. The average molecular weight is 268 g/mol. The highest BCUT2D eigenvalue weighted by molar-refractivity contribution is 7.17. The summed E-state index contributed by atoms with van der Waals surface area (Å²) in [5.41, 5.74) is 0.809. The van der Waals surface area contributed by atoms with Gasteiger partial charge in [-0.1, -0.05) is 18.3 Å². The maximum atomic E-state index is 11.3. The predicted molar refractivity (Wildman–Crippen MR) is 73.8 cm³/mol. The summed E-state index contributed by atoms with van der Waals surface area (Å²) >= 11 is 1.33. The zero-order chi connectivity index (χ0) is 13.3. The van der Waals surface area contributed by atoms with E-state index in [0.717, 1.165) is 36.6 Å². The third kappa shape index (κ3) is 2.51. The number of hydrogen-bond donors (Lipinski definition) is 1. The number of thiazole rings is 1. The Morgan fingerprint density at radius 3 is 2.67 bits per heavy atom.